The van der Waals surface area contributed by atoms with E-state index in [0.29, 0.717) is 23.7 Å². The molecule has 1 aliphatic rings. The van der Waals surface area contributed by atoms with E-state index >= 15 is 0 Å². The standard InChI is InChI=1S/C22H21BrN4O2S/c1-14-19(30-21(25-14)15-4-2-10-24-12-15)22(29)27-11-3-5-16(13-27)20(28)26-18-8-6-17(23)7-9-18/h2,4,6-10,12,16H,3,5,11,13H2,1H3,(H,26,28). The number of amides is 2. The molecular formula is C22H21BrN4O2S. The van der Waals surface area contributed by atoms with Gasteiger partial charge in [0.1, 0.15) is 9.88 Å². The number of likely N-dealkylation sites (tertiary alicyclic amines) is 1. The van der Waals surface area contributed by atoms with Crippen molar-refractivity contribution < 1.29 is 9.59 Å². The van der Waals surface area contributed by atoms with Crippen LogP contribution in [0.4, 0.5) is 5.69 Å². The summed E-state index contributed by atoms with van der Waals surface area (Å²) >= 11 is 4.77. The summed E-state index contributed by atoms with van der Waals surface area (Å²) in [5.41, 5.74) is 2.37. The lowest BCUT2D eigenvalue weighted by molar-refractivity contribution is -0.121. The summed E-state index contributed by atoms with van der Waals surface area (Å²) in [6.07, 6.45) is 5.03. The lowest BCUT2D eigenvalue weighted by atomic mass is 9.96. The number of piperidine rings is 1. The minimum Gasteiger partial charge on any atom is -0.337 e. The number of nitrogens with one attached hydrogen (secondary N) is 1. The van der Waals surface area contributed by atoms with Crippen LogP contribution in [0.15, 0.2) is 53.3 Å². The van der Waals surface area contributed by atoms with Crippen molar-refractivity contribution in [1.29, 1.82) is 0 Å². The summed E-state index contributed by atoms with van der Waals surface area (Å²) in [6, 6.07) is 11.3. The van der Waals surface area contributed by atoms with Gasteiger partial charge in [-0.3, -0.25) is 14.6 Å². The molecule has 1 N–H and O–H groups in total. The fraction of sp³-hybridized carbons (Fsp3) is 0.273. The molecule has 2 aromatic heterocycles. The van der Waals surface area contributed by atoms with Gasteiger partial charge >= 0.3 is 0 Å². The van der Waals surface area contributed by atoms with Crippen LogP contribution in [0.3, 0.4) is 0 Å². The van der Waals surface area contributed by atoms with Crippen molar-refractivity contribution in [3.05, 3.63) is 63.8 Å². The summed E-state index contributed by atoms with van der Waals surface area (Å²) in [5, 5.41) is 3.74. The van der Waals surface area contributed by atoms with Crippen molar-refractivity contribution in [2.75, 3.05) is 18.4 Å². The fourth-order valence-corrected chi connectivity index (χ4v) is 4.79. The molecule has 4 rings (SSSR count). The highest BCUT2D eigenvalue weighted by molar-refractivity contribution is 9.10. The third-order valence-electron chi connectivity index (χ3n) is 5.09. The Morgan fingerprint density at radius 2 is 2.03 bits per heavy atom. The first-order valence-corrected chi connectivity index (χ1v) is 11.4. The molecule has 8 heteroatoms. The zero-order valence-electron chi connectivity index (χ0n) is 16.5. The number of hydrogen-bond acceptors (Lipinski definition) is 5. The maximum atomic E-state index is 13.2. The number of benzene rings is 1. The highest BCUT2D eigenvalue weighted by Crippen LogP contribution is 2.30. The average Bonchev–Trinajstić information content (AvgIpc) is 3.17. The smallest absolute Gasteiger partial charge is 0.265 e. The molecule has 1 aliphatic heterocycles. The van der Waals surface area contributed by atoms with E-state index in [-0.39, 0.29) is 17.7 Å². The van der Waals surface area contributed by atoms with Gasteiger partial charge in [0, 0.05) is 41.2 Å². The van der Waals surface area contributed by atoms with Crippen molar-refractivity contribution >= 4 is 44.8 Å². The molecule has 0 aliphatic carbocycles. The molecule has 1 unspecified atom stereocenters. The molecule has 2 amide bonds. The molecule has 0 radical (unpaired) electrons. The fourth-order valence-electron chi connectivity index (χ4n) is 3.50. The molecule has 0 spiro atoms. The molecule has 30 heavy (non-hydrogen) atoms. The second-order valence-corrected chi connectivity index (χ2v) is 9.18. The van der Waals surface area contributed by atoms with Crippen molar-refractivity contribution in [2.45, 2.75) is 19.8 Å². The van der Waals surface area contributed by atoms with E-state index in [1.54, 1.807) is 17.3 Å². The van der Waals surface area contributed by atoms with E-state index in [0.717, 1.165) is 33.6 Å². The predicted molar refractivity (Wildman–Crippen MR) is 121 cm³/mol. The average molecular weight is 485 g/mol. The Balaban J connectivity index is 1.45. The Morgan fingerprint density at radius 3 is 2.77 bits per heavy atom. The van der Waals surface area contributed by atoms with Gasteiger partial charge in [-0.25, -0.2) is 4.98 Å². The van der Waals surface area contributed by atoms with Crippen molar-refractivity contribution in [2.24, 2.45) is 5.92 Å². The maximum absolute atomic E-state index is 13.2. The zero-order chi connectivity index (χ0) is 21.1. The Morgan fingerprint density at radius 1 is 1.23 bits per heavy atom. The van der Waals surface area contributed by atoms with Crippen LogP contribution in [-0.2, 0) is 4.79 Å². The Bertz CT molecular complexity index is 1050. The number of nitrogens with zero attached hydrogens (tertiary/aromatic N) is 3. The van der Waals surface area contributed by atoms with Gasteiger partial charge in [-0.2, -0.15) is 0 Å². The minimum atomic E-state index is -0.225. The van der Waals surface area contributed by atoms with Crippen molar-refractivity contribution in [3.63, 3.8) is 0 Å². The zero-order valence-corrected chi connectivity index (χ0v) is 18.9. The van der Waals surface area contributed by atoms with Crippen molar-refractivity contribution in [1.82, 2.24) is 14.9 Å². The molecular weight excluding hydrogens is 464 g/mol. The van der Waals surface area contributed by atoms with E-state index in [9.17, 15) is 9.59 Å². The number of anilines is 1. The molecule has 154 valence electrons. The summed E-state index contributed by atoms with van der Waals surface area (Å²) in [4.78, 5) is 37.0. The van der Waals surface area contributed by atoms with E-state index in [1.165, 1.54) is 11.3 Å². The second-order valence-electron chi connectivity index (χ2n) is 7.26. The number of halogens is 1. The number of aryl methyl sites for hydroxylation is 1. The Kier molecular flexibility index (Phi) is 6.24. The molecule has 3 aromatic rings. The summed E-state index contributed by atoms with van der Waals surface area (Å²) in [7, 11) is 0. The quantitative estimate of drug-likeness (QED) is 0.578. The minimum absolute atomic E-state index is 0.0492. The van der Waals surface area contributed by atoms with Crippen LogP contribution in [0.25, 0.3) is 10.6 Å². The third kappa shape index (κ3) is 4.60. The van der Waals surface area contributed by atoms with Gasteiger partial charge in [0.25, 0.3) is 5.91 Å². The molecule has 1 aromatic carbocycles. The lowest BCUT2D eigenvalue weighted by Crippen LogP contribution is -2.43. The first-order valence-electron chi connectivity index (χ1n) is 9.75. The molecule has 6 nitrogen and oxygen atoms in total. The lowest BCUT2D eigenvalue weighted by Gasteiger charge is -2.31. The van der Waals surface area contributed by atoms with Gasteiger partial charge in [-0.05, 0) is 56.2 Å². The van der Waals surface area contributed by atoms with Crippen LogP contribution in [0, 0.1) is 12.8 Å². The van der Waals surface area contributed by atoms with E-state index in [1.807, 2.05) is 43.3 Å². The number of rotatable bonds is 4. The van der Waals surface area contributed by atoms with Crippen LogP contribution in [0.2, 0.25) is 0 Å². The van der Waals surface area contributed by atoms with Gasteiger partial charge in [-0.15, -0.1) is 11.3 Å². The van der Waals surface area contributed by atoms with Gasteiger partial charge in [0.15, 0.2) is 0 Å². The van der Waals surface area contributed by atoms with Gasteiger partial charge < -0.3 is 10.2 Å². The number of carbonyl (C=O) groups is 2. The van der Waals surface area contributed by atoms with Gasteiger partial charge in [0.2, 0.25) is 5.91 Å². The SMILES string of the molecule is Cc1nc(-c2cccnc2)sc1C(=O)N1CCCC(C(=O)Nc2ccc(Br)cc2)C1. The van der Waals surface area contributed by atoms with Crippen LogP contribution < -0.4 is 5.32 Å². The van der Waals surface area contributed by atoms with Crippen LogP contribution >= 0.6 is 27.3 Å². The molecule has 0 bridgehead atoms. The highest BCUT2D eigenvalue weighted by atomic mass is 79.9. The van der Waals surface area contributed by atoms with E-state index < -0.39 is 0 Å². The van der Waals surface area contributed by atoms with E-state index in [2.05, 4.69) is 31.2 Å². The Hall–Kier alpha value is -2.58. The maximum Gasteiger partial charge on any atom is 0.265 e. The number of thiazole rings is 1. The van der Waals surface area contributed by atoms with Crippen LogP contribution in [0.1, 0.15) is 28.2 Å². The number of hydrogen-bond donors (Lipinski definition) is 1. The second kappa shape index (κ2) is 9.06. The first-order chi connectivity index (χ1) is 14.5. The Labute approximate surface area is 187 Å². The first kappa shape index (κ1) is 20.7. The molecule has 3 heterocycles. The third-order valence-corrected chi connectivity index (χ3v) is 6.81. The molecule has 1 atom stereocenters. The number of carbonyl (C=O) groups excluding carboxylic acids is 2. The highest BCUT2D eigenvalue weighted by Gasteiger charge is 2.30. The summed E-state index contributed by atoms with van der Waals surface area (Å²) in [5.74, 6) is -0.328. The van der Waals surface area contributed by atoms with E-state index in [4.69, 9.17) is 0 Å². The molecule has 1 saturated heterocycles. The van der Waals surface area contributed by atoms with Gasteiger partial charge in [-0.1, -0.05) is 15.9 Å². The van der Waals surface area contributed by atoms with Crippen molar-refractivity contribution in [3.8, 4) is 10.6 Å². The predicted octanol–water partition coefficient (Wildman–Crippen LogP) is 4.77. The molecule has 0 saturated carbocycles. The molecule has 1 fully saturated rings. The largest absolute Gasteiger partial charge is 0.337 e. The normalized spacial score (nSPS) is 16.3. The van der Waals surface area contributed by atoms with Gasteiger partial charge in [0.05, 0.1) is 11.6 Å². The monoisotopic (exact) mass is 484 g/mol. The van der Waals surface area contributed by atoms with Crippen LogP contribution in [0.5, 0.6) is 0 Å². The summed E-state index contributed by atoms with van der Waals surface area (Å²) < 4.78 is 0.959. The number of aromatic nitrogens is 2. The number of pyridine rings is 1. The summed E-state index contributed by atoms with van der Waals surface area (Å²) in [6.45, 7) is 2.92. The van der Waals surface area contributed by atoms with Crippen LogP contribution in [-0.4, -0.2) is 39.8 Å². The topological polar surface area (TPSA) is 75.2 Å².